The number of amides is 2. The summed E-state index contributed by atoms with van der Waals surface area (Å²) in [5.41, 5.74) is 3.96. The van der Waals surface area contributed by atoms with Crippen LogP contribution < -0.4 is 5.32 Å². The zero-order valence-electron chi connectivity index (χ0n) is 17.0. The number of urea groups is 1. The fourth-order valence-corrected chi connectivity index (χ4v) is 4.11. The Morgan fingerprint density at radius 2 is 2.11 bits per heavy atom. The molecule has 2 amide bonds. The maximum absolute atomic E-state index is 12.7. The number of carboxylic acid groups (broad SMARTS) is 1. The van der Waals surface area contributed by atoms with Gasteiger partial charge < -0.3 is 20.1 Å². The number of carbonyl (C=O) groups is 2. The molecule has 7 nitrogen and oxygen atoms in total. The van der Waals surface area contributed by atoms with Crippen molar-refractivity contribution in [3.05, 3.63) is 34.9 Å². The molecule has 1 aliphatic heterocycles. The van der Waals surface area contributed by atoms with Crippen LogP contribution in [0.15, 0.2) is 18.2 Å². The van der Waals surface area contributed by atoms with E-state index in [1.54, 1.807) is 16.8 Å². The van der Waals surface area contributed by atoms with E-state index in [0.29, 0.717) is 32.8 Å². The third-order valence-corrected chi connectivity index (χ3v) is 5.73. The molecule has 2 N–H and O–H groups in total. The molecule has 0 radical (unpaired) electrons. The number of aliphatic carboxylic acids is 1. The van der Waals surface area contributed by atoms with E-state index >= 15 is 0 Å². The zero-order valence-corrected chi connectivity index (χ0v) is 17.0. The molecule has 1 aromatic rings. The number of hydrogen-bond acceptors (Lipinski definition) is 4. The Hall–Kier alpha value is -2.12. The highest BCUT2D eigenvalue weighted by Gasteiger charge is 2.45. The molecule has 1 atom stereocenters. The monoisotopic (exact) mass is 389 g/mol. The van der Waals surface area contributed by atoms with Crippen molar-refractivity contribution in [2.45, 2.75) is 38.2 Å². The fourth-order valence-electron chi connectivity index (χ4n) is 4.11. The van der Waals surface area contributed by atoms with Crippen LogP contribution in [0.3, 0.4) is 0 Å². The first kappa shape index (κ1) is 20.6. The van der Waals surface area contributed by atoms with Crippen molar-refractivity contribution < 1.29 is 19.4 Å². The topological polar surface area (TPSA) is 82.1 Å². The van der Waals surface area contributed by atoms with E-state index in [-0.39, 0.29) is 24.1 Å². The second-order valence-corrected chi connectivity index (χ2v) is 8.29. The van der Waals surface area contributed by atoms with Gasteiger partial charge in [0.1, 0.15) is 0 Å². The summed E-state index contributed by atoms with van der Waals surface area (Å²) in [5, 5.41) is 12.0. The van der Waals surface area contributed by atoms with Crippen molar-refractivity contribution >= 4 is 12.0 Å². The molecule has 2 aliphatic rings. The molecular weight excluding hydrogens is 358 g/mol. The highest BCUT2D eigenvalue weighted by Crippen LogP contribution is 2.48. The molecule has 28 heavy (non-hydrogen) atoms. The van der Waals surface area contributed by atoms with E-state index < -0.39 is 5.97 Å². The van der Waals surface area contributed by atoms with Crippen LogP contribution in [0.4, 0.5) is 4.79 Å². The van der Waals surface area contributed by atoms with E-state index in [9.17, 15) is 9.59 Å². The number of carboxylic acids is 1. The third-order valence-electron chi connectivity index (χ3n) is 5.73. The Bertz CT molecular complexity index is 732. The average Bonchev–Trinajstić information content (AvgIpc) is 3.40. The summed E-state index contributed by atoms with van der Waals surface area (Å²) in [5.74, 6) is -0.867. The molecule has 2 fully saturated rings. The van der Waals surface area contributed by atoms with Gasteiger partial charge in [0.05, 0.1) is 19.3 Å². The number of aryl methyl sites for hydroxylation is 2. The lowest BCUT2D eigenvalue weighted by atomic mass is 9.91. The summed E-state index contributed by atoms with van der Waals surface area (Å²) in [7, 11) is 1.75. The maximum Gasteiger partial charge on any atom is 0.317 e. The van der Waals surface area contributed by atoms with Gasteiger partial charge in [0.2, 0.25) is 0 Å². The van der Waals surface area contributed by atoms with E-state index in [1.807, 2.05) is 0 Å². The largest absolute Gasteiger partial charge is 0.480 e. The number of nitrogens with zero attached hydrogens (tertiary/aromatic N) is 2. The molecule has 1 heterocycles. The van der Waals surface area contributed by atoms with E-state index in [1.165, 1.54) is 16.7 Å². The summed E-state index contributed by atoms with van der Waals surface area (Å²) in [6.07, 6.45) is 2.03. The van der Waals surface area contributed by atoms with Crippen molar-refractivity contribution in [3.63, 3.8) is 0 Å². The van der Waals surface area contributed by atoms with E-state index in [0.717, 1.165) is 12.8 Å². The van der Waals surface area contributed by atoms with Crippen LogP contribution in [0.2, 0.25) is 0 Å². The van der Waals surface area contributed by atoms with Gasteiger partial charge in [0, 0.05) is 31.6 Å². The highest BCUT2D eigenvalue weighted by molar-refractivity contribution is 5.74. The smallest absolute Gasteiger partial charge is 0.317 e. The van der Waals surface area contributed by atoms with Crippen molar-refractivity contribution in [2.24, 2.45) is 0 Å². The molecule has 7 heteroatoms. The van der Waals surface area contributed by atoms with Crippen LogP contribution >= 0.6 is 0 Å². The number of likely N-dealkylation sites (N-methyl/N-ethyl adjacent to an activating group) is 1. The van der Waals surface area contributed by atoms with Gasteiger partial charge in [-0.15, -0.1) is 0 Å². The molecule has 1 unspecified atom stereocenters. The molecule has 3 rings (SSSR count). The fraction of sp³-hybridized carbons (Fsp3) is 0.619. The quantitative estimate of drug-likeness (QED) is 0.743. The molecule has 1 saturated heterocycles. The first-order chi connectivity index (χ1) is 13.3. The Labute approximate surface area is 166 Å². The lowest BCUT2D eigenvalue weighted by Gasteiger charge is -2.35. The van der Waals surface area contributed by atoms with Crippen LogP contribution in [0.25, 0.3) is 0 Å². The summed E-state index contributed by atoms with van der Waals surface area (Å²) < 4.78 is 5.71. The van der Waals surface area contributed by atoms with Gasteiger partial charge in [0.15, 0.2) is 0 Å². The average molecular weight is 389 g/mol. The minimum atomic E-state index is -0.867. The van der Waals surface area contributed by atoms with Crippen LogP contribution in [-0.2, 0) is 14.9 Å². The molecule has 0 aromatic heterocycles. The van der Waals surface area contributed by atoms with Gasteiger partial charge in [-0.1, -0.05) is 23.8 Å². The second kappa shape index (κ2) is 8.49. The number of carbonyl (C=O) groups excluding carboxylic acids is 1. The lowest BCUT2D eigenvalue weighted by molar-refractivity contribution is -0.138. The highest BCUT2D eigenvalue weighted by atomic mass is 16.5. The normalized spacial score (nSPS) is 20.9. The van der Waals surface area contributed by atoms with Crippen molar-refractivity contribution in [1.82, 2.24) is 15.1 Å². The Morgan fingerprint density at radius 1 is 1.36 bits per heavy atom. The minimum absolute atomic E-state index is 0.0372. The molecule has 1 saturated carbocycles. The summed E-state index contributed by atoms with van der Waals surface area (Å²) in [6.45, 7) is 6.85. The number of ether oxygens (including phenoxy) is 1. The standard InChI is InChI=1S/C21H31N3O4/c1-15-4-5-18(16(2)10-15)21(6-7-21)14-22-20(27)24-8-9-28-17(12-24)11-23(3)13-19(25)26/h4-5,10,17H,6-9,11-14H2,1-3H3,(H,22,27)(H,25,26). The van der Waals surface area contributed by atoms with Crippen molar-refractivity contribution in [3.8, 4) is 0 Å². The van der Waals surface area contributed by atoms with Crippen LogP contribution in [-0.4, -0.2) is 79.4 Å². The Kier molecular flexibility index (Phi) is 6.25. The lowest BCUT2D eigenvalue weighted by Crippen LogP contribution is -2.53. The van der Waals surface area contributed by atoms with Gasteiger partial charge in [-0.25, -0.2) is 4.79 Å². The zero-order chi connectivity index (χ0) is 20.3. The van der Waals surface area contributed by atoms with Crippen LogP contribution in [0, 0.1) is 13.8 Å². The van der Waals surface area contributed by atoms with E-state index in [2.05, 4.69) is 37.4 Å². The van der Waals surface area contributed by atoms with Crippen LogP contribution in [0.5, 0.6) is 0 Å². The second-order valence-electron chi connectivity index (χ2n) is 8.29. The molecular formula is C21H31N3O4. The van der Waals surface area contributed by atoms with Gasteiger partial charge in [-0.05, 0) is 44.9 Å². The predicted molar refractivity (Wildman–Crippen MR) is 107 cm³/mol. The van der Waals surface area contributed by atoms with Gasteiger partial charge >= 0.3 is 12.0 Å². The summed E-state index contributed by atoms with van der Waals surface area (Å²) in [6, 6.07) is 6.49. The van der Waals surface area contributed by atoms with Crippen molar-refractivity contribution in [1.29, 1.82) is 0 Å². The summed E-state index contributed by atoms with van der Waals surface area (Å²) >= 11 is 0. The number of nitrogens with one attached hydrogen (secondary N) is 1. The minimum Gasteiger partial charge on any atom is -0.480 e. The first-order valence-electron chi connectivity index (χ1n) is 9.91. The Balaban J connectivity index is 1.52. The predicted octanol–water partition coefficient (Wildman–Crippen LogP) is 1.76. The maximum atomic E-state index is 12.7. The van der Waals surface area contributed by atoms with Gasteiger partial charge in [0.25, 0.3) is 0 Å². The van der Waals surface area contributed by atoms with E-state index in [4.69, 9.17) is 9.84 Å². The molecule has 1 aromatic carbocycles. The SMILES string of the molecule is Cc1ccc(C2(CNC(=O)N3CCOC(CN(C)CC(=O)O)C3)CC2)c(C)c1. The van der Waals surface area contributed by atoms with Gasteiger partial charge in [-0.2, -0.15) is 0 Å². The Morgan fingerprint density at radius 3 is 2.75 bits per heavy atom. The number of hydrogen-bond donors (Lipinski definition) is 2. The van der Waals surface area contributed by atoms with Gasteiger partial charge in [-0.3, -0.25) is 9.69 Å². The number of morpholine rings is 1. The van der Waals surface area contributed by atoms with Crippen LogP contribution in [0.1, 0.15) is 29.5 Å². The van der Waals surface area contributed by atoms with Crippen molar-refractivity contribution in [2.75, 3.05) is 46.4 Å². The number of benzene rings is 1. The molecule has 1 aliphatic carbocycles. The third kappa shape index (κ3) is 5.02. The molecule has 0 spiro atoms. The molecule has 0 bridgehead atoms. The summed E-state index contributed by atoms with van der Waals surface area (Å²) in [4.78, 5) is 27.0. The number of rotatable bonds is 7. The first-order valence-corrected chi connectivity index (χ1v) is 9.91. The molecule has 154 valence electrons.